The van der Waals surface area contributed by atoms with Crippen LogP contribution in [-0.2, 0) is 11.3 Å². The van der Waals surface area contributed by atoms with Crippen molar-refractivity contribution in [3.05, 3.63) is 16.9 Å². The number of rotatable bonds is 5. The SMILES string of the molecule is COCCn1ncc(Cl)c1C(O)C1CCCCS1. The first-order valence-electron chi connectivity index (χ1n) is 6.24. The van der Waals surface area contributed by atoms with Crippen LogP contribution in [0.3, 0.4) is 0 Å². The van der Waals surface area contributed by atoms with Crippen LogP contribution in [0, 0.1) is 0 Å². The van der Waals surface area contributed by atoms with Crippen LogP contribution in [0.15, 0.2) is 6.20 Å². The first-order chi connectivity index (χ1) is 8.74. The highest BCUT2D eigenvalue weighted by Gasteiger charge is 2.28. The Hall–Kier alpha value is -0.230. The van der Waals surface area contributed by atoms with E-state index >= 15 is 0 Å². The molecule has 4 nitrogen and oxygen atoms in total. The summed E-state index contributed by atoms with van der Waals surface area (Å²) in [5.74, 6) is 1.12. The van der Waals surface area contributed by atoms with E-state index in [0.717, 1.165) is 17.9 Å². The Bertz CT molecular complexity index is 380. The van der Waals surface area contributed by atoms with E-state index in [9.17, 15) is 5.11 Å². The summed E-state index contributed by atoms with van der Waals surface area (Å²) in [5, 5.41) is 15.5. The van der Waals surface area contributed by atoms with Gasteiger partial charge in [-0.25, -0.2) is 0 Å². The summed E-state index contributed by atoms with van der Waals surface area (Å²) in [6.07, 6.45) is 4.52. The van der Waals surface area contributed by atoms with Crippen molar-refractivity contribution >= 4 is 23.4 Å². The molecule has 0 aliphatic carbocycles. The van der Waals surface area contributed by atoms with Crippen molar-refractivity contribution in [3.63, 3.8) is 0 Å². The summed E-state index contributed by atoms with van der Waals surface area (Å²) >= 11 is 7.97. The highest BCUT2D eigenvalue weighted by atomic mass is 35.5. The fourth-order valence-corrected chi connectivity index (χ4v) is 3.78. The summed E-state index contributed by atoms with van der Waals surface area (Å²) in [7, 11) is 1.65. The minimum atomic E-state index is -0.540. The average Bonchev–Trinajstić information content (AvgIpc) is 2.77. The van der Waals surface area contributed by atoms with E-state index in [1.807, 2.05) is 11.8 Å². The van der Waals surface area contributed by atoms with Crippen molar-refractivity contribution in [1.29, 1.82) is 0 Å². The van der Waals surface area contributed by atoms with Gasteiger partial charge in [-0.3, -0.25) is 4.68 Å². The molecule has 102 valence electrons. The lowest BCUT2D eigenvalue weighted by molar-refractivity contribution is 0.147. The Morgan fingerprint density at radius 3 is 3.17 bits per heavy atom. The molecule has 2 atom stereocenters. The number of aliphatic hydroxyl groups excluding tert-OH is 1. The molecule has 0 bridgehead atoms. The largest absolute Gasteiger partial charge is 0.386 e. The molecular formula is C12H19ClN2O2S. The van der Waals surface area contributed by atoms with Crippen LogP contribution in [0.2, 0.25) is 5.02 Å². The lowest BCUT2D eigenvalue weighted by atomic mass is 10.1. The Labute approximate surface area is 117 Å². The van der Waals surface area contributed by atoms with Crippen molar-refractivity contribution in [1.82, 2.24) is 9.78 Å². The lowest BCUT2D eigenvalue weighted by Gasteiger charge is -2.26. The molecule has 0 radical (unpaired) electrons. The van der Waals surface area contributed by atoms with Crippen LogP contribution in [0.5, 0.6) is 0 Å². The highest BCUT2D eigenvalue weighted by molar-refractivity contribution is 7.99. The molecule has 2 heterocycles. The van der Waals surface area contributed by atoms with E-state index in [1.165, 1.54) is 12.8 Å². The molecule has 1 saturated heterocycles. The van der Waals surface area contributed by atoms with Crippen LogP contribution in [-0.4, -0.2) is 39.6 Å². The Balaban J connectivity index is 2.12. The number of aliphatic hydroxyl groups is 1. The Morgan fingerprint density at radius 1 is 1.67 bits per heavy atom. The van der Waals surface area contributed by atoms with Crippen molar-refractivity contribution in [2.75, 3.05) is 19.5 Å². The lowest BCUT2D eigenvalue weighted by Crippen LogP contribution is -2.23. The molecule has 0 spiro atoms. The molecule has 0 aromatic carbocycles. The van der Waals surface area contributed by atoms with Gasteiger partial charge in [-0.2, -0.15) is 16.9 Å². The van der Waals surface area contributed by atoms with Crippen LogP contribution in [0.25, 0.3) is 0 Å². The number of aromatic nitrogens is 2. The molecule has 2 unspecified atom stereocenters. The predicted molar refractivity (Wildman–Crippen MR) is 74.2 cm³/mol. The third-order valence-corrected chi connectivity index (χ3v) is 4.92. The fraction of sp³-hybridized carbons (Fsp3) is 0.750. The molecule has 6 heteroatoms. The van der Waals surface area contributed by atoms with Gasteiger partial charge in [0, 0.05) is 12.4 Å². The molecular weight excluding hydrogens is 272 g/mol. The summed E-state index contributed by atoms with van der Waals surface area (Å²) in [5.41, 5.74) is 0.730. The second-order valence-electron chi connectivity index (χ2n) is 4.44. The maximum absolute atomic E-state index is 10.5. The van der Waals surface area contributed by atoms with Gasteiger partial charge in [0.1, 0.15) is 6.10 Å². The molecule has 18 heavy (non-hydrogen) atoms. The number of nitrogens with zero attached hydrogens (tertiary/aromatic N) is 2. The third kappa shape index (κ3) is 3.20. The van der Waals surface area contributed by atoms with Gasteiger partial charge < -0.3 is 9.84 Å². The van der Waals surface area contributed by atoms with Crippen molar-refractivity contribution in [3.8, 4) is 0 Å². The number of halogens is 1. The second kappa shape index (κ2) is 6.80. The normalized spacial score (nSPS) is 22.1. The zero-order chi connectivity index (χ0) is 13.0. The highest BCUT2D eigenvalue weighted by Crippen LogP contribution is 2.36. The summed E-state index contributed by atoms with van der Waals surface area (Å²) < 4.78 is 6.80. The Kier molecular flexibility index (Phi) is 5.36. The van der Waals surface area contributed by atoms with Crippen LogP contribution >= 0.6 is 23.4 Å². The fourth-order valence-electron chi connectivity index (χ4n) is 2.21. The van der Waals surface area contributed by atoms with Gasteiger partial charge in [-0.15, -0.1) is 0 Å². The van der Waals surface area contributed by atoms with E-state index in [0.29, 0.717) is 18.2 Å². The molecule has 2 rings (SSSR count). The molecule has 1 fully saturated rings. The molecule has 1 aromatic rings. The van der Waals surface area contributed by atoms with Gasteiger partial charge in [-0.1, -0.05) is 18.0 Å². The standard InChI is InChI=1S/C12H19ClN2O2S/c1-17-6-5-15-11(9(13)8-14-15)12(16)10-4-2-3-7-18-10/h8,10,12,16H,2-7H2,1H3. The van der Waals surface area contributed by atoms with Crippen LogP contribution < -0.4 is 0 Å². The van der Waals surface area contributed by atoms with Gasteiger partial charge >= 0.3 is 0 Å². The van der Waals surface area contributed by atoms with Crippen molar-refractivity contribution in [2.24, 2.45) is 0 Å². The summed E-state index contributed by atoms with van der Waals surface area (Å²) in [4.78, 5) is 0. The first-order valence-corrected chi connectivity index (χ1v) is 7.66. The minimum Gasteiger partial charge on any atom is -0.386 e. The van der Waals surface area contributed by atoms with E-state index < -0.39 is 6.10 Å². The van der Waals surface area contributed by atoms with E-state index in [1.54, 1.807) is 18.0 Å². The van der Waals surface area contributed by atoms with Crippen molar-refractivity contribution < 1.29 is 9.84 Å². The zero-order valence-electron chi connectivity index (χ0n) is 10.5. The van der Waals surface area contributed by atoms with Gasteiger partial charge in [0.05, 0.1) is 30.1 Å². The van der Waals surface area contributed by atoms with Crippen LogP contribution in [0.4, 0.5) is 0 Å². The van der Waals surface area contributed by atoms with E-state index in [2.05, 4.69) is 5.10 Å². The quantitative estimate of drug-likeness (QED) is 0.905. The monoisotopic (exact) mass is 290 g/mol. The maximum atomic E-state index is 10.5. The number of hydrogen-bond donors (Lipinski definition) is 1. The molecule has 1 aliphatic rings. The number of thioether (sulfide) groups is 1. The number of hydrogen-bond acceptors (Lipinski definition) is 4. The third-order valence-electron chi connectivity index (χ3n) is 3.19. The number of ether oxygens (including phenoxy) is 1. The maximum Gasteiger partial charge on any atom is 0.109 e. The number of methoxy groups -OCH3 is 1. The van der Waals surface area contributed by atoms with Crippen molar-refractivity contribution in [2.45, 2.75) is 37.2 Å². The van der Waals surface area contributed by atoms with Gasteiger partial charge in [0.15, 0.2) is 0 Å². The van der Waals surface area contributed by atoms with Gasteiger partial charge in [0.2, 0.25) is 0 Å². The molecule has 0 amide bonds. The van der Waals surface area contributed by atoms with Gasteiger partial charge in [-0.05, 0) is 18.6 Å². The first kappa shape index (κ1) is 14.2. The molecule has 0 saturated carbocycles. The Morgan fingerprint density at radius 2 is 2.50 bits per heavy atom. The smallest absolute Gasteiger partial charge is 0.109 e. The molecule has 1 aliphatic heterocycles. The zero-order valence-corrected chi connectivity index (χ0v) is 12.1. The average molecular weight is 291 g/mol. The molecule has 1 N–H and O–H groups in total. The summed E-state index contributed by atoms with van der Waals surface area (Å²) in [6, 6.07) is 0. The van der Waals surface area contributed by atoms with E-state index in [-0.39, 0.29) is 5.25 Å². The minimum absolute atomic E-state index is 0.231. The van der Waals surface area contributed by atoms with Gasteiger partial charge in [0.25, 0.3) is 0 Å². The molecule has 1 aromatic heterocycles. The summed E-state index contributed by atoms with van der Waals surface area (Å²) in [6.45, 7) is 1.18. The second-order valence-corrected chi connectivity index (χ2v) is 6.20. The predicted octanol–water partition coefficient (Wildman–Crippen LogP) is 2.50. The topological polar surface area (TPSA) is 47.3 Å². The van der Waals surface area contributed by atoms with Crippen LogP contribution in [0.1, 0.15) is 31.1 Å². The van der Waals surface area contributed by atoms with E-state index in [4.69, 9.17) is 16.3 Å².